The topological polar surface area (TPSA) is 29.3 Å². The Hall–Kier alpha value is -0.340. The zero-order chi connectivity index (χ0) is 11.9. The van der Waals surface area contributed by atoms with E-state index in [0.29, 0.717) is 5.92 Å². The monoisotopic (exact) mass is 212 g/mol. The van der Waals surface area contributed by atoms with Gasteiger partial charge in [0.1, 0.15) is 0 Å². The molecule has 0 heterocycles. The fourth-order valence-electron chi connectivity index (χ4n) is 1.60. The van der Waals surface area contributed by atoms with E-state index in [1.807, 2.05) is 6.08 Å². The first kappa shape index (κ1) is 14.7. The molecule has 2 nitrogen and oxygen atoms in total. The van der Waals surface area contributed by atoms with Crippen LogP contribution in [-0.4, -0.2) is 30.1 Å². The van der Waals surface area contributed by atoms with Gasteiger partial charge < -0.3 is 5.73 Å². The Kier molecular flexibility index (Phi) is 6.86. The van der Waals surface area contributed by atoms with Crippen LogP contribution in [-0.2, 0) is 0 Å². The maximum Gasteiger partial charge on any atom is 0.0165 e. The van der Waals surface area contributed by atoms with Crippen molar-refractivity contribution in [2.45, 2.75) is 46.1 Å². The molecule has 0 bridgehead atoms. The Morgan fingerprint density at radius 1 is 1.40 bits per heavy atom. The fourth-order valence-corrected chi connectivity index (χ4v) is 1.60. The molecular weight excluding hydrogens is 184 g/mol. The Morgan fingerprint density at radius 2 is 2.00 bits per heavy atom. The molecule has 1 atom stereocenters. The highest BCUT2D eigenvalue weighted by Crippen LogP contribution is 2.15. The van der Waals surface area contributed by atoms with E-state index in [2.05, 4.69) is 39.2 Å². The van der Waals surface area contributed by atoms with E-state index in [1.165, 1.54) is 12.8 Å². The molecular formula is C13H28N2. The van der Waals surface area contributed by atoms with Crippen molar-refractivity contribution in [1.29, 1.82) is 0 Å². The maximum absolute atomic E-state index is 5.60. The van der Waals surface area contributed by atoms with Crippen LogP contribution in [0.1, 0.15) is 40.5 Å². The summed E-state index contributed by atoms with van der Waals surface area (Å²) in [4.78, 5) is 2.46. The Morgan fingerprint density at radius 3 is 2.40 bits per heavy atom. The lowest BCUT2D eigenvalue weighted by Gasteiger charge is -2.35. The number of nitrogens with zero attached hydrogens (tertiary/aromatic N) is 1. The van der Waals surface area contributed by atoms with Gasteiger partial charge in [0.25, 0.3) is 0 Å². The third-order valence-corrected chi connectivity index (χ3v) is 2.83. The van der Waals surface area contributed by atoms with Gasteiger partial charge in [0, 0.05) is 12.1 Å². The van der Waals surface area contributed by atoms with Crippen molar-refractivity contribution in [1.82, 2.24) is 4.90 Å². The molecule has 0 aromatic rings. The lowest BCUT2D eigenvalue weighted by atomic mass is 10.0. The molecule has 0 aromatic heterocycles. The van der Waals surface area contributed by atoms with Gasteiger partial charge >= 0.3 is 0 Å². The van der Waals surface area contributed by atoms with Crippen molar-refractivity contribution in [3.8, 4) is 0 Å². The molecule has 0 aliphatic heterocycles. The fraction of sp³-hybridized carbons (Fsp3) is 0.846. The third kappa shape index (κ3) is 6.69. The highest BCUT2D eigenvalue weighted by Gasteiger charge is 2.19. The van der Waals surface area contributed by atoms with Gasteiger partial charge in [-0.3, -0.25) is 4.90 Å². The molecule has 1 unspecified atom stereocenters. The lowest BCUT2D eigenvalue weighted by molar-refractivity contribution is 0.149. The average Bonchev–Trinajstić information content (AvgIpc) is 2.14. The SMILES string of the molecule is C=CCN(CCCC(C)CN)C(C)(C)C. The van der Waals surface area contributed by atoms with Crippen LogP contribution in [0.25, 0.3) is 0 Å². The highest BCUT2D eigenvalue weighted by atomic mass is 15.2. The van der Waals surface area contributed by atoms with E-state index in [9.17, 15) is 0 Å². The second kappa shape index (κ2) is 7.02. The minimum Gasteiger partial charge on any atom is -0.330 e. The molecule has 0 spiro atoms. The molecule has 0 aromatic carbocycles. The maximum atomic E-state index is 5.60. The second-order valence-electron chi connectivity index (χ2n) is 5.39. The summed E-state index contributed by atoms with van der Waals surface area (Å²) in [5.74, 6) is 0.649. The smallest absolute Gasteiger partial charge is 0.0165 e. The van der Waals surface area contributed by atoms with E-state index in [0.717, 1.165) is 19.6 Å². The minimum atomic E-state index is 0.236. The van der Waals surface area contributed by atoms with Crippen LogP contribution >= 0.6 is 0 Å². The zero-order valence-corrected chi connectivity index (χ0v) is 10.9. The van der Waals surface area contributed by atoms with Gasteiger partial charge in [0.2, 0.25) is 0 Å². The first-order valence-corrected chi connectivity index (χ1v) is 5.97. The highest BCUT2D eigenvalue weighted by molar-refractivity contribution is 4.82. The Balaban J connectivity index is 3.92. The summed E-state index contributed by atoms with van der Waals surface area (Å²) in [5, 5.41) is 0. The lowest BCUT2D eigenvalue weighted by Crippen LogP contribution is -2.42. The second-order valence-corrected chi connectivity index (χ2v) is 5.39. The molecule has 2 N–H and O–H groups in total. The standard InChI is InChI=1S/C13H28N2/c1-6-9-15(13(3,4)5)10-7-8-12(2)11-14/h6,12H,1,7-11,14H2,2-5H3. The number of nitrogens with two attached hydrogens (primary N) is 1. The quantitative estimate of drug-likeness (QED) is 0.657. The van der Waals surface area contributed by atoms with Crippen LogP contribution in [0.3, 0.4) is 0 Å². The van der Waals surface area contributed by atoms with Crippen LogP contribution in [0.4, 0.5) is 0 Å². The Bertz CT molecular complexity index is 170. The molecule has 90 valence electrons. The van der Waals surface area contributed by atoms with Gasteiger partial charge in [-0.1, -0.05) is 13.0 Å². The third-order valence-electron chi connectivity index (χ3n) is 2.83. The van der Waals surface area contributed by atoms with Gasteiger partial charge in [0.05, 0.1) is 0 Å². The van der Waals surface area contributed by atoms with Crippen molar-refractivity contribution in [3.05, 3.63) is 12.7 Å². The molecule has 0 radical (unpaired) electrons. The summed E-state index contributed by atoms with van der Waals surface area (Å²) in [7, 11) is 0. The summed E-state index contributed by atoms with van der Waals surface area (Å²) < 4.78 is 0. The van der Waals surface area contributed by atoms with Crippen LogP contribution in [0, 0.1) is 5.92 Å². The van der Waals surface area contributed by atoms with Crippen molar-refractivity contribution in [2.75, 3.05) is 19.6 Å². The first-order valence-electron chi connectivity index (χ1n) is 5.97. The van der Waals surface area contributed by atoms with E-state index >= 15 is 0 Å². The normalized spacial score (nSPS) is 14.3. The average molecular weight is 212 g/mol. The predicted octanol–water partition coefficient (Wildman–Crippen LogP) is 2.65. The zero-order valence-electron chi connectivity index (χ0n) is 10.9. The molecule has 0 aliphatic carbocycles. The molecule has 0 amide bonds. The van der Waals surface area contributed by atoms with E-state index in [4.69, 9.17) is 5.73 Å². The minimum absolute atomic E-state index is 0.236. The van der Waals surface area contributed by atoms with Crippen molar-refractivity contribution in [3.63, 3.8) is 0 Å². The predicted molar refractivity (Wildman–Crippen MR) is 69.0 cm³/mol. The molecule has 0 fully saturated rings. The van der Waals surface area contributed by atoms with Gasteiger partial charge in [0.15, 0.2) is 0 Å². The van der Waals surface area contributed by atoms with Crippen LogP contribution in [0.5, 0.6) is 0 Å². The summed E-state index contributed by atoms with van der Waals surface area (Å²) in [6.07, 6.45) is 4.43. The Labute approximate surface area is 95.5 Å². The van der Waals surface area contributed by atoms with Gasteiger partial charge in [-0.15, -0.1) is 6.58 Å². The molecule has 2 heteroatoms. The number of hydrogen-bond acceptors (Lipinski definition) is 2. The van der Waals surface area contributed by atoms with Crippen LogP contribution < -0.4 is 5.73 Å². The number of rotatable bonds is 7. The van der Waals surface area contributed by atoms with Crippen molar-refractivity contribution < 1.29 is 0 Å². The summed E-state index contributed by atoms with van der Waals surface area (Å²) in [6, 6.07) is 0. The molecule has 15 heavy (non-hydrogen) atoms. The van der Waals surface area contributed by atoms with Crippen molar-refractivity contribution in [2.24, 2.45) is 11.7 Å². The number of hydrogen-bond donors (Lipinski definition) is 1. The van der Waals surface area contributed by atoms with E-state index in [-0.39, 0.29) is 5.54 Å². The van der Waals surface area contributed by atoms with Crippen LogP contribution in [0.15, 0.2) is 12.7 Å². The first-order chi connectivity index (χ1) is 6.91. The van der Waals surface area contributed by atoms with Gasteiger partial charge in [-0.05, 0) is 52.6 Å². The van der Waals surface area contributed by atoms with E-state index < -0.39 is 0 Å². The molecule has 0 saturated heterocycles. The van der Waals surface area contributed by atoms with Gasteiger partial charge in [-0.2, -0.15) is 0 Å². The summed E-state index contributed by atoms with van der Waals surface area (Å²) in [6.45, 7) is 15.7. The van der Waals surface area contributed by atoms with Crippen LogP contribution in [0.2, 0.25) is 0 Å². The van der Waals surface area contributed by atoms with E-state index in [1.54, 1.807) is 0 Å². The molecule has 0 rings (SSSR count). The van der Waals surface area contributed by atoms with Gasteiger partial charge in [-0.25, -0.2) is 0 Å². The largest absolute Gasteiger partial charge is 0.330 e. The summed E-state index contributed by atoms with van der Waals surface area (Å²) in [5.41, 5.74) is 5.84. The molecule has 0 saturated carbocycles. The summed E-state index contributed by atoms with van der Waals surface area (Å²) >= 11 is 0. The van der Waals surface area contributed by atoms with Crippen molar-refractivity contribution >= 4 is 0 Å². The molecule has 0 aliphatic rings.